The molecule has 1 saturated carbocycles. The van der Waals surface area contributed by atoms with Gasteiger partial charge < -0.3 is 9.84 Å². The van der Waals surface area contributed by atoms with Crippen LogP contribution in [-0.4, -0.2) is 28.6 Å². The number of carbonyl (C=O) groups is 2. The molecule has 1 aliphatic heterocycles. The van der Waals surface area contributed by atoms with Gasteiger partial charge in [-0.05, 0) is 31.9 Å². The molecule has 2 aliphatic carbocycles. The fourth-order valence-electron chi connectivity index (χ4n) is 4.29. The molecule has 4 nitrogen and oxygen atoms in total. The Hall–Kier alpha value is -1.16. The number of ether oxygens (including phenoxy) is 1. The fourth-order valence-corrected chi connectivity index (χ4v) is 4.29. The van der Waals surface area contributed by atoms with E-state index in [0.29, 0.717) is 6.42 Å². The van der Waals surface area contributed by atoms with Crippen molar-refractivity contribution < 1.29 is 19.4 Å². The zero-order valence-electron chi connectivity index (χ0n) is 11.6. The Morgan fingerprint density at radius 2 is 2.05 bits per heavy atom. The number of hydrogen-bond acceptors (Lipinski definition) is 4. The molecule has 3 rings (SSSR count). The maximum Gasteiger partial charge on any atom is 0.309 e. The minimum absolute atomic E-state index is 0.0399. The Labute approximate surface area is 112 Å². The molecule has 1 heterocycles. The van der Waals surface area contributed by atoms with Gasteiger partial charge in [-0.3, -0.25) is 9.59 Å². The second-order valence-corrected chi connectivity index (χ2v) is 6.71. The largest absolute Gasteiger partial charge is 0.461 e. The summed E-state index contributed by atoms with van der Waals surface area (Å²) >= 11 is 0. The highest BCUT2D eigenvalue weighted by Gasteiger charge is 2.62. The molecule has 1 N–H and O–H groups in total. The van der Waals surface area contributed by atoms with Crippen molar-refractivity contribution in [3.8, 4) is 0 Å². The number of esters is 1. The third-order valence-electron chi connectivity index (χ3n) is 5.46. The summed E-state index contributed by atoms with van der Waals surface area (Å²) in [5.41, 5.74) is -1.72. The van der Waals surface area contributed by atoms with Gasteiger partial charge in [0.15, 0.2) is 5.78 Å². The van der Waals surface area contributed by atoms with Gasteiger partial charge in [0.2, 0.25) is 0 Å². The zero-order valence-corrected chi connectivity index (χ0v) is 11.6. The summed E-state index contributed by atoms with van der Waals surface area (Å²) in [5.74, 6) is -0.511. The van der Waals surface area contributed by atoms with Crippen LogP contribution in [0.5, 0.6) is 0 Å². The molecule has 1 saturated heterocycles. The van der Waals surface area contributed by atoms with Crippen LogP contribution in [0.1, 0.15) is 33.6 Å². The molecule has 0 spiro atoms. The quantitative estimate of drug-likeness (QED) is 0.673. The summed E-state index contributed by atoms with van der Waals surface area (Å²) < 4.78 is 5.51. The summed E-state index contributed by atoms with van der Waals surface area (Å²) in [6, 6.07) is 0. The van der Waals surface area contributed by atoms with Crippen molar-refractivity contribution in [3.63, 3.8) is 0 Å². The van der Waals surface area contributed by atoms with Gasteiger partial charge in [0.25, 0.3) is 0 Å². The predicted molar refractivity (Wildman–Crippen MR) is 68.1 cm³/mol. The Kier molecular flexibility index (Phi) is 2.50. The molecule has 6 atom stereocenters. The van der Waals surface area contributed by atoms with Crippen LogP contribution >= 0.6 is 0 Å². The van der Waals surface area contributed by atoms with E-state index in [1.807, 2.05) is 13.8 Å². The van der Waals surface area contributed by atoms with Crippen molar-refractivity contribution in [3.05, 3.63) is 12.2 Å². The molecule has 2 fully saturated rings. The number of fused-ring (bicyclic) bond motifs is 3. The van der Waals surface area contributed by atoms with Crippen molar-refractivity contribution in [2.24, 2.45) is 23.2 Å². The first kappa shape index (κ1) is 12.9. The highest BCUT2D eigenvalue weighted by molar-refractivity contribution is 5.96. The molecule has 104 valence electrons. The van der Waals surface area contributed by atoms with Gasteiger partial charge >= 0.3 is 5.97 Å². The second kappa shape index (κ2) is 3.69. The van der Waals surface area contributed by atoms with Crippen LogP contribution in [0.4, 0.5) is 0 Å². The molecular weight excluding hydrogens is 244 g/mol. The normalized spacial score (nSPS) is 52.6. The smallest absolute Gasteiger partial charge is 0.309 e. The SMILES string of the molecule is C[C@@H]1C(=O)O[C@@H]2[C@@H]1CC[C@]1(C)C(=O)C=C[C@@](C)(O)[C@H]21. The molecule has 0 amide bonds. The summed E-state index contributed by atoms with van der Waals surface area (Å²) in [6.45, 7) is 5.48. The van der Waals surface area contributed by atoms with Crippen LogP contribution in [0.15, 0.2) is 12.2 Å². The Morgan fingerprint density at radius 1 is 1.37 bits per heavy atom. The maximum absolute atomic E-state index is 12.3. The van der Waals surface area contributed by atoms with E-state index in [4.69, 9.17) is 4.74 Å². The lowest BCUT2D eigenvalue weighted by Gasteiger charge is -2.52. The fraction of sp³-hybridized carbons (Fsp3) is 0.733. The summed E-state index contributed by atoms with van der Waals surface area (Å²) in [7, 11) is 0. The first-order chi connectivity index (χ1) is 8.77. The Balaban J connectivity index is 2.07. The molecule has 19 heavy (non-hydrogen) atoms. The highest BCUT2D eigenvalue weighted by atomic mass is 16.6. The number of aliphatic hydroxyl groups is 1. The lowest BCUT2D eigenvalue weighted by molar-refractivity contribution is -0.167. The average molecular weight is 264 g/mol. The minimum Gasteiger partial charge on any atom is -0.461 e. The van der Waals surface area contributed by atoms with Crippen LogP contribution < -0.4 is 0 Å². The van der Waals surface area contributed by atoms with Crippen LogP contribution in [0.3, 0.4) is 0 Å². The second-order valence-electron chi connectivity index (χ2n) is 6.71. The van der Waals surface area contributed by atoms with Gasteiger partial charge in [0.05, 0.1) is 11.5 Å². The van der Waals surface area contributed by atoms with Crippen molar-refractivity contribution >= 4 is 11.8 Å². The van der Waals surface area contributed by atoms with Crippen molar-refractivity contribution in [2.45, 2.75) is 45.3 Å². The monoisotopic (exact) mass is 264 g/mol. The third kappa shape index (κ3) is 1.55. The average Bonchev–Trinajstić information content (AvgIpc) is 2.60. The Bertz CT molecular complexity index is 479. The highest BCUT2D eigenvalue weighted by Crippen LogP contribution is 2.56. The third-order valence-corrected chi connectivity index (χ3v) is 5.46. The van der Waals surface area contributed by atoms with E-state index in [1.54, 1.807) is 13.0 Å². The minimum atomic E-state index is -1.10. The molecule has 0 unspecified atom stereocenters. The van der Waals surface area contributed by atoms with Gasteiger partial charge in [-0.15, -0.1) is 0 Å². The summed E-state index contributed by atoms with van der Waals surface area (Å²) in [6.07, 6.45) is 4.21. The molecule has 0 aromatic rings. The van der Waals surface area contributed by atoms with Gasteiger partial charge in [-0.2, -0.15) is 0 Å². The number of ketones is 1. The van der Waals surface area contributed by atoms with E-state index in [0.717, 1.165) is 6.42 Å². The van der Waals surface area contributed by atoms with E-state index >= 15 is 0 Å². The number of rotatable bonds is 0. The zero-order chi connectivity index (χ0) is 14.0. The van der Waals surface area contributed by atoms with Gasteiger partial charge in [-0.1, -0.05) is 13.8 Å². The van der Waals surface area contributed by atoms with Crippen molar-refractivity contribution in [2.75, 3.05) is 0 Å². The van der Waals surface area contributed by atoms with E-state index in [9.17, 15) is 14.7 Å². The molecule has 0 bridgehead atoms. The Morgan fingerprint density at radius 3 is 2.74 bits per heavy atom. The number of allylic oxidation sites excluding steroid dienone is 1. The molecule has 0 radical (unpaired) electrons. The van der Waals surface area contributed by atoms with E-state index in [2.05, 4.69) is 0 Å². The van der Waals surface area contributed by atoms with Gasteiger partial charge in [-0.25, -0.2) is 0 Å². The molecule has 0 aromatic carbocycles. The molecule has 0 aromatic heterocycles. The van der Waals surface area contributed by atoms with Gasteiger partial charge in [0.1, 0.15) is 6.10 Å². The topological polar surface area (TPSA) is 63.6 Å². The maximum atomic E-state index is 12.3. The van der Waals surface area contributed by atoms with E-state index in [1.165, 1.54) is 6.08 Å². The lowest BCUT2D eigenvalue weighted by atomic mass is 9.53. The first-order valence-electron chi connectivity index (χ1n) is 6.94. The molecule has 4 heteroatoms. The van der Waals surface area contributed by atoms with Crippen LogP contribution in [0.25, 0.3) is 0 Å². The number of hydrogen-bond donors (Lipinski definition) is 1. The van der Waals surface area contributed by atoms with Crippen LogP contribution in [-0.2, 0) is 14.3 Å². The molecular formula is C15H20O4. The standard InChI is InChI=1S/C15H20O4/c1-8-9-4-6-14(2)10(16)5-7-15(3,18)12(14)11(9)19-13(8)17/h5,7-9,11-12,18H,4,6H2,1-3H3/t8-,9+,11+,12+,14+,15+/m0/s1. The van der Waals surface area contributed by atoms with Crippen LogP contribution in [0, 0.1) is 23.2 Å². The summed E-state index contributed by atoms with van der Waals surface area (Å²) in [4.78, 5) is 24.1. The van der Waals surface area contributed by atoms with Crippen LogP contribution in [0.2, 0.25) is 0 Å². The van der Waals surface area contributed by atoms with Gasteiger partial charge in [0, 0.05) is 17.3 Å². The van der Waals surface area contributed by atoms with Crippen molar-refractivity contribution in [1.82, 2.24) is 0 Å². The first-order valence-corrected chi connectivity index (χ1v) is 6.94. The lowest BCUT2D eigenvalue weighted by Crippen LogP contribution is -2.59. The van der Waals surface area contributed by atoms with Crippen molar-refractivity contribution in [1.29, 1.82) is 0 Å². The van der Waals surface area contributed by atoms with E-state index < -0.39 is 11.0 Å². The number of carbonyl (C=O) groups excluding carboxylic acids is 2. The summed E-state index contributed by atoms with van der Waals surface area (Å²) in [5, 5.41) is 10.6. The van der Waals surface area contributed by atoms with E-state index in [-0.39, 0.29) is 35.6 Å². The predicted octanol–water partition coefficient (Wildman–Crippen LogP) is 1.47. The molecule has 3 aliphatic rings.